The molecule has 0 radical (unpaired) electrons. The molecule has 0 aliphatic carbocycles. The Balaban J connectivity index is 0.000000472. The molecule has 3 nitrogen and oxygen atoms in total. The molecule has 11 heteroatoms. The third kappa shape index (κ3) is 5.82. The van der Waals surface area contributed by atoms with Gasteiger partial charge in [0.2, 0.25) is 0 Å². The van der Waals surface area contributed by atoms with E-state index in [4.69, 9.17) is 0 Å². The van der Waals surface area contributed by atoms with Crippen LogP contribution in [0.15, 0.2) is 24.3 Å². The van der Waals surface area contributed by atoms with Gasteiger partial charge in [0.15, 0.2) is 10.1 Å². The first-order valence-electron chi connectivity index (χ1n) is 6.99. The zero-order chi connectivity index (χ0) is 20.3. The van der Waals surface area contributed by atoms with E-state index in [9.17, 15) is 39.3 Å². The predicted molar refractivity (Wildman–Crippen MR) is 86.1 cm³/mol. The van der Waals surface area contributed by atoms with E-state index in [1.165, 1.54) is 17.3 Å². The molecule has 0 aliphatic heterocycles. The molecule has 0 fully saturated rings. The highest BCUT2D eigenvalue weighted by atomic mass is 32.2. The van der Waals surface area contributed by atoms with Crippen molar-refractivity contribution in [2.45, 2.75) is 50.2 Å². The first kappa shape index (κ1) is 24.1. The van der Waals surface area contributed by atoms with Crippen LogP contribution in [-0.4, -0.2) is 30.1 Å². The molecule has 0 saturated heterocycles. The van der Waals surface area contributed by atoms with E-state index in [-0.39, 0.29) is 0 Å². The van der Waals surface area contributed by atoms with Crippen molar-refractivity contribution in [3.63, 3.8) is 0 Å². The van der Waals surface area contributed by atoms with Crippen molar-refractivity contribution >= 4 is 24.7 Å². The van der Waals surface area contributed by atoms with Crippen LogP contribution in [0.3, 0.4) is 0 Å². The number of benzene rings is 1. The van der Waals surface area contributed by atoms with E-state index >= 15 is 0 Å². The second-order valence-corrected chi connectivity index (χ2v) is 7.72. The number of rotatable bonds is 5. The summed E-state index contributed by atoms with van der Waals surface area (Å²) in [6, 6.07) is 8.85. The Kier molecular flexibility index (Phi) is 7.94. The SMILES string of the molecule is CC(F)(F)C(F)(F)C(F)(F)S(=O)(=O)[O-].CCC(C)c1ccc([PH3+])cc1. The zero-order valence-electron chi connectivity index (χ0n) is 13.7. The number of alkyl halides is 6. The summed E-state index contributed by atoms with van der Waals surface area (Å²) in [5.41, 5.74) is 1.46. The Hall–Kier alpha value is -0.860. The topological polar surface area (TPSA) is 57.2 Å². The molecule has 0 saturated carbocycles. The highest BCUT2D eigenvalue weighted by molar-refractivity contribution is 7.86. The minimum Gasteiger partial charge on any atom is -0.743 e. The van der Waals surface area contributed by atoms with Crippen molar-refractivity contribution in [1.29, 1.82) is 0 Å². The maximum Gasteiger partial charge on any atom is 0.402 e. The Morgan fingerprint density at radius 2 is 1.48 bits per heavy atom. The smallest absolute Gasteiger partial charge is 0.402 e. The van der Waals surface area contributed by atoms with Crippen molar-refractivity contribution in [2.24, 2.45) is 0 Å². The minimum atomic E-state index is -6.86. The maximum absolute atomic E-state index is 12.1. The van der Waals surface area contributed by atoms with Crippen LogP contribution in [0, 0.1) is 0 Å². The van der Waals surface area contributed by atoms with Gasteiger partial charge in [-0.3, -0.25) is 0 Å². The van der Waals surface area contributed by atoms with Crippen molar-refractivity contribution < 1.29 is 39.3 Å². The van der Waals surface area contributed by atoms with E-state index in [1.807, 2.05) is 9.24 Å². The summed E-state index contributed by atoms with van der Waals surface area (Å²) in [5.74, 6) is -10.9. The summed E-state index contributed by atoms with van der Waals surface area (Å²) in [4.78, 5) is 0. The van der Waals surface area contributed by atoms with Gasteiger partial charge in [0.05, 0.1) is 5.30 Å². The van der Waals surface area contributed by atoms with E-state index in [0.717, 1.165) is 0 Å². The second-order valence-electron chi connectivity index (χ2n) is 5.48. The summed E-state index contributed by atoms with van der Waals surface area (Å²) in [6.07, 6.45) is 1.23. The molecule has 0 amide bonds. The summed E-state index contributed by atoms with van der Waals surface area (Å²) >= 11 is 0. The number of hydrogen-bond donors (Lipinski definition) is 0. The Bertz CT molecular complexity index is 656. The van der Waals surface area contributed by atoms with Gasteiger partial charge in [0.1, 0.15) is 0 Å². The molecule has 0 bridgehead atoms. The Labute approximate surface area is 144 Å². The maximum atomic E-state index is 12.1. The van der Waals surface area contributed by atoms with Gasteiger partial charge in [-0.2, -0.15) is 26.3 Å². The van der Waals surface area contributed by atoms with Gasteiger partial charge in [0.25, 0.3) is 0 Å². The molecule has 146 valence electrons. The van der Waals surface area contributed by atoms with Crippen molar-refractivity contribution in [3.05, 3.63) is 29.8 Å². The lowest BCUT2D eigenvalue weighted by Crippen LogP contribution is -2.56. The lowest BCUT2D eigenvalue weighted by Gasteiger charge is -2.31. The van der Waals surface area contributed by atoms with Gasteiger partial charge >= 0.3 is 17.1 Å². The van der Waals surface area contributed by atoms with Crippen LogP contribution in [0.25, 0.3) is 0 Å². The van der Waals surface area contributed by atoms with Gasteiger partial charge in [-0.05, 0) is 30.0 Å². The highest BCUT2D eigenvalue weighted by Gasteiger charge is 2.72. The number of hydrogen-bond acceptors (Lipinski definition) is 3. The van der Waals surface area contributed by atoms with Crippen LogP contribution in [-0.2, 0) is 10.1 Å². The van der Waals surface area contributed by atoms with E-state index in [2.05, 4.69) is 38.1 Å². The molecule has 2 atom stereocenters. The average Bonchev–Trinajstić information content (AvgIpc) is 2.45. The third-order valence-corrected chi connectivity index (χ3v) is 4.75. The van der Waals surface area contributed by atoms with Crippen LogP contribution < -0.4 is 5.30 Å². The molecule has 0 aromatic heterocycles. The van der Waals surface area contributed by atoms with Crippen LogP contribution in [0.5, 0.6) is 0 Å². The second kappa shape index (κ2) is 8.22. The summed E-state index contributed by atoms with van der Waals surface area (Å²) in [5, 5.41) is -4.98. The zero-order valence-corrected chi connectivity index (χ0v) is 15.9. The molecule has 1 rings (SSSR count). The van der Waals surface area contributed by atoms with E-state index in [1.54, 1.807) is 0 Å². The molecule has 0 spiro atoms. The summed E-state index contributed by atoms with van der Waals surface area (Å²) < 4.78 is 101. The standard InChI is InChI=1S/C10H15P.C4H4F6O3S/c1-3-8(2)9-4-6-10(11)7-5-9;1-2(5,6)3(7,8)4(9,10)14(11,12)13/h4-8H,3,11H2,1-2H3;1H3,(H,11,12,13). The molecule has 1 aromatic rings. The number of halogens is 6. The first-order valence-corrected chi connectivity index (χ1v) is 9.11. The van der Waals surface area contributed by atoms with Crippen LogP contribution in [0.2, 0.25) is 0 Å². The quantitative estimate of drug-likeness (QED) is 0.420. The molecule has 2 unspecified atom stereocenters. The average molecular weight is 412 g/mol. The fourth-order valence-corrected chi connectivity index (χ4v) is 2.22. The van der Waals surface area contributed by atoms with Gasteiger partial charge in [-0.15, -0.1) is 0 Å². The lowest BCUT2D eigenvalue weighted by atomic mass is 9.99. The van der Waals surface area contributed by atoms with Gasteiger partial charge in [-0.1, -0.05) is 26.0 Å². The van der Waals surface area contributed by atoms with E-state index < -0.39 is 34.1 Å². The first-order chi connectivity index (χ1) is 11.0. The van der Waals surface area contributed by atoms with Gasteiger partial charge < -0.3 is 4.55 Å². The van der Waals surface area contributed by atoms with Crippen molar-refractivity contribution in [1.82, 2.24) is 0 Å². The molecular weight excluding hydrogens is 393 g/mol. The molecule has 25 heavy (non-hydrogen) atoms. The van der Waals surface area contributed by atoms with Crippen LogP contribution in [0.1, 0.15) is 38.7 Å². The molecular formula is C14H19F6O3PS. The van der Waals surface area contributed by atoms with Gasteiger partial charge in [-0.25, -0.2) is 8.42 Å². The summed E-state index contributed by atoms with van der Waals surface area (Å²) in [7, 11) is -4.92. The summed E-state index contributed by atoms with van der Waals surface area (Å²) in [6.45, 7) is 3.88. The van der Waals surface area contributed by atoms with Crippen molar-refractivity contribution in [3.8, 4) is 0 Å². The predicted octanol–water partition coefficient (Wildman–Crippen LogP) is 3.85. The fourth-order valence-electron chi connectivity index (χ4n) is 1.49. The molecule has 1 aromatic carbocycles. The molecule has 0 heterocycles. The van der Waals surface area contributed by atoms with Crippen LogP contribution in [0.4, 0.5) is 26.3 Å². The minimum absolute atomic E-state index is 0.619. The van der Waals surface area contributed by atoms with Crippen molar-refractivity contribution in [2.75, 3.05) is 0 Å². The highest BCUT2D eigenvalue weighted by Crippen LogP contribution is 2.47. The normalized spacial score (nSPS) is 14.6. The third-order valence-electron chi connectivity index (χ3n) is 3.39. The molecule has 0 N–H and O–H groups in total. The fraction of sp³-hybridized carbons (Fsp3) is 0.571. The van der Waals surface area contributed by atoms with Crippen LogP contribution >= 0.6 is 9.24 Å². The molecule has 0 aliphatic rings. The lowest BCUT2D eigenvalue weighted by molar-refractivity contribution is -0.273. The van der Waals surface area contributed by atoms with Gasteiger partial charge in [0, 0.05) is 16.2 Å². The van der Waals surface area contributed by atoms with E-state index in [0.29, 0.717) is 5.92 Å². The Morgan fingerprint density at radius 1 is 1.08 bits per heavy atom. The largest absolute Gasteiger partial charge is 0.743 e. The Morgan fingerprint density at radius 3 is 1.72 bits per heavy atom. The monoisotopic (exact) mass is 412 g/mol.